The second-order valence-electron chi connectivity index (χ2n) is 17.1. The first-order chi connectivity index (χ1) is 48.2. The molecule has 528 valence electrons. The van der Waals surface area contributed by atoms with Gasteiger partial charge in [-0.25, -0.2) is 0 Å². The number of anilines is 3. The SMILES string of the molecule is CC.CC.CC.CC.CC.CC.CC.CC.CC.CC.CC.CC.CC.CC.CC.c1ccc(N2c3ccccc3Cc3ccccc32)cc1.c1ccc2c(c1)[nH]c1ccccc12.c1ccc2c(c1)ccc1[nH]c3ccccc3c12.c1ccc2c(c1)ccc1c3ccccc3[nH]c21. The van der Waals surface area contributed by atoms with Gasteiger partial charge in [0.15, 0.2) is 0 Å². The van der Waals surface area contributed by atoms with Gasteiger partial charge in [0.1, 0.15) is 0 Å². The molecule has 4 heterocycles. The molecule has 0 unspecified atom stereocenters. The summed E-state index contributed by atoms with van der Waals surface area (Å²) in [6.07, 6.45) is 1.01. The van der Waals surface area contributed by atoms with E-state index >= 15 is 0 Å². The zero-order valence-electron chi connectivity index (χ0n) is 66.8. The first-order valence-electron chi connectivity index (χ1n) is 38.0. The number of aromatic nitrogens is 3. The molecule has 97 heavy (non-hydrogen) atoms. The largest absolute Gasteiger partial charge is 0.355 e. The third kappa shape index (κ3) is 26.9. The van der Waals surface area contributed by atoms with E-state index in [0.29, 0.717) is 0 Å². The van der Waals surface area contributed by atoms with Crippen LogP contribution in [0.5, 0.6) is 0 Å². The molecule has 15 rings (SSSR count). The summed E-state index contributed by atoms with van der Waals surface area (Å²) in [5.74, 6) is 0. The average molecular weight is 1310 g/mol. The molecule has 0 atom stereocenters. The molecule has 0 aliphatic carbocycles. The third-order valence-electron chi connectivity index (χ3n) is 13.1. The van der Waals surface area contributed by atoms with Crippen LogP contribution in [0.15, 0.2) is 249 Å². The van der Waals surface area contributed by atoms with Crippen molar-refractivity contribution in [2.45, 2.75) is 214 Å². The molecule has 11 aromatic carbocycles. The van der Waals surface area contributed by atoms with Gasteiger partial charge in [-0.15, -0.1) is 0 Å². The van der Waals surface area contributed by atoms with Gasteiger partial charge < -0.3 is 19.9 Å². The summed E-state index contributed by atoms with van der Waals surface area (Å²) in [6.45, 7) is 60.0. The Balaban J connectivity index is -0.000000528. The van der Waals surface area contributed by atoms with Gasteiger partial charge in [0.2, 0.25) is 0 Å². The van der Waals surface area contributed by atoms with Crippen LogP contribution in [0.25, 0.3) is 87.0 Å². The number of rotatable bonds is 1. The molecule has 1 aliphatic heterocycles. The number of nitrogens with zero attached hydrogens (tertiary/aromatic N) is 1. The van der Waals surface area contributed by atoms with Crippen molar-refractivity contribution in [3.8, 4) is 0 Å². The van der Waals surface area contributed by atoms with Crippen molar-refractivity contribution in [3.05, 3.63) is 260 Å². The summed E-state index contributed by atoms with van der Waals surface area (Å²) in [6, 6.07) is 87.4. The van der Waals surface area contributed by atoms with Gasteiger partial charge in [-0.05, 0) is 81.9 Å². The molecule has 0 radical (unpaired) electrons. The molecule has 0 spiro atoms. The quantitative estimate of drug-likeness (QED) is 0.151. The van der Waals surface area contributed by atoms with E-state index in [0.717, 1.165) is 6.42 Å². The van der Waals surface area contributed by atoms with E-state index in [1.165, 1.54) is 115 Å². The van der Waals surface area contributed by atoms with Gasteiger partial charge in [-0.3, -0.25) is 0 Å². The number of fused-ring (bicyclic) bond motifs is 15. The number of hydrogen-bond acceptors (Lipinski definition) is 1. The van der Waals surface area contributed by atoms with Crippen molar-refractivity contribution in [2.75, 3.05) is 4.90 Å². The first kappa shape index (κ1) is 94.5. The Labute approximate surface area is 594 Å². The Morgan fingerprint density at radius 3 is 0.928 bits per heavy atom. The monoisotopic (exact) mass is 1310 g/mol. The predicted octanol–water partition coefficient (Wildman–Crippen LogP) is 32.7. The number of nitrogens with one attached hydrogen (secondary N) is 3. The van der Waals surface area contributed by atoms with Crippen molar-refractivity contribution in [3.63, 3.8) is 0 Å². The third-order valence-corrected chi connectivity index (χ3v) is 13.1. The molecular weight excluding hydrogens is 1170 g/mol. The van der Waals surface area contributed by atoms with Crippen LogP contribution in [-0.2, 0) is 6.42 Å². The molecule has 1 aliphatic rings. The molecule has 3 aromatic heterocycles. The average Bonchev–Trinajstić information content (AvgIpc) is 1.75. The fourth-order valence-electron chi connectivity index (χ4n) is 9.96. The molecule has 0 amide bonds. The molecular formula is C93H136N4. The van der Waals surface area contributed by atoms with E-state index in [4.69, 9.17) is 0 Å². The lowest BCUT2D eigenvalue weighted by atomic mass is 9.95. The Hall–Kier alpha value is -8.86. The highest BCUT2D eigenvalue weighted by Crippen LogP contribution is 2.43. The van der Waals surface area contributed by atoms with E-state index in [-0.39, 0.29) is 0 Å². The van der Waals surface area contributed by atoms with Crippen molar-refractivity contribution in [1.29, 1.82) is 0 Å². The normalized spacial score (nSPS) is 9.07. The number of H-pyrrole nitrogens is 3. The standard InChI is InChI=1S/C19H15N.2C16H11N.C12H9N.15C2H6/c1-2-10-17(11-3-1)20-18-12-6-4-8-15(18)14-16-9-5-7-13-19(16)20;1-2-6-12-11(5-1)9-10-14-13-7-3-4-8-15(13)17-16(12)14;1-2-6-12-11(5-1)9-10-15-16(12)13-7-3-4-8-14(13)17-15;1-3-7-11-9(5-1)10-6-2-4-8-12(10)13-11;15*1-2/h1-13H,14H2;2*1-10,17H;1-8,13H;15*1-2H3. The van der Waals surface area contributed by atoms with Gasteiger partial charge in [-0.1, -0.05) is 402 Å². The summed E-state index contributed by atoms with van der Waals surface area (Å²) >= 11 is 0. The van der Waals surface area contributed by atoms with Gasteiger partial charge in [0.05, 0.1) is 5.52 Å². The number of hydrogen-bond donors (Lipinski definition) is 3. The van der Waals surface area contributed by atoms with Crippen LogP contribution in [0.1, 0.15) is 219 Å². The highest BCUT2D eigenvalue weighted by molar-refractivity contribution is 6.20. The summed E-state index contributed by atoms with van der Waals surface area (Å²) < 4.78 is 0. The van der Waals surface area contributed by atoms with E-state index in [1.807, 2.05) is 208 Å². The first-order valence-corrected chi connectivity index (χ1v) is 38.0. The lowest BCUT2D eigenvalue weighted by Gasteiger charge is -2.33. The molecule has 4 nitrogen and oxygen atoms in total. The molecule has 4 heteroatoms. The second-order valence-corrected chi connectivity index (χ2v) is 17.1. The Bertz CT molecular complexity index is 3930. The van der Waals surface area contributed by atoms with E-state index < -0.39 is 0 Å². The van der Waals surface area contributed by atoms with Crippen LogP contribution in [-0.4, -0.2) is 15.0 Å². The fraction of sp³-hybridized carbons (Fsp3) is 0.333. The van der Waals surface area contributed by atoms with Crippen LogP contribution >= 0.6 is 0 Å². The van der Waals surface area contributed by atoms with Crippen LogP contribution in [0, 0.1) is 0 Å². The summed E-state index contributed by atoms with van der Waals surface area (Å²) in [5.41, 5.74) is 13.9. The van der Waals surface area contributed by atoms with Crippen LogP contribution in [0.3, 0.4) is 0 Å². The maximum absolute atomic E-state index is 3.52. The van der Waals surface area contributed by atoms with E-state index in [2.05, 4.69) is 269 Å². The molecule has 0 fully saturated rings. The van der Waals surface area contributed by atoms with Crippen molar-refractivity contribution in [1.82, 2.24) is 15.0 Å². The van der Waals surface area contributed by atoms with E-state index in [1.54, 1.807) is 0 Å². The highest BCUT2D eigenvalue weighted by Gasteiger charge is 2.23. The molecule has 0 saturated carbocycles. The Morgan fingerprint density at radius 2 is 0.495 bits per heavy atom. The van der Waals surface area contributed by atoms with Gasteiger partial charge in [-0.2, -0.15) is 0 Å². The maximum atomic E-state index is 3.52. The maximum Gasteiger partial charge on any atom is 0.0544 e. The van der Waals surface area contributed by atoms with Crippen LogP contribution < -0.4 is 4.90 Å². The van der Waals surface area contributed by atoms with Crippen LogP contribution in [0.4, 0.5) is 17.1 Å². The smallest absolute Gasteiger partial charge is 0.0544 e. The lowest BCUT2D eigenvalue weighted by molar-refractivity contribution is 1.09. The highest BCUT2D eigenvalue weighted by atomic mass is 15.2. The number of para-hydroxylation sites is 7. The Morgan fingerprint density at radius 1 is 0.206 bits per heavy atom. The zero-order valence-corrected chi connectivity index (χ0v) is 66.8. The molecule has 3 N–H and O–H groups in total. The Kier molecular flexibility index (Phi) is 60.4. The van der Waals surface area contributed by atoms with Crippen molar-refractivity contribution >= 4 is 104 Å². The minimum Gasteiger partial charge on any atom is -0.355 e. The van der Waals surface area contributed by atoms with Gasteiger partial charge in [0.25, 0.3) is 0 Å². The number of aromatic amines is 3. The summed E-state index contributed by atoms with van der Waals surface area (Å²) in [5, 5.41) is 13.0. The molecule has 0 saturated heterocycles. The molecule has 0 bridgehead atoms. The second kappa shape index (κ2) is 62.0. The summed E-state index contributed by atoms with van der Waals surface area (Å²) in [4.78, 5) is 12.7. The minimum absolute atomic E-state index is 1.01. The number of benzene rings is 11. The zero-order chi connectivity index (χ0) is 74.5. The van der Waals surface area contributed by atoms with Gasteiger partial charge in [0, 0.05) is 88.8 Å². The van der Waals surface area contributed by atoms with Crippen LogP contribution in [0.2, 0.25) is 0 Å². The lowest BCUT2D eigenvalue weighted by Crippen LogP contribution is -2.18. The molecule has 14 aromatic rings. The van der Waals surface area contributed by atoms with Gasteiger partial charge >= 0.3 is 0 Å². The predicted molar refractivity (Wildman–Crippen MR) is 457 cm³/mol. The van der Waals surface area contributed by atoms with Crippen molar-refractivity contribution in [2.24, 2.45) is 0 Å². The summed E-state index contributed by atoms with van der Waals surface area (Å²) in [7, 11) is 0. The minimum atomic E-state index is 1.01. The van der Waals surface area contributed by atoms with E-state index in [9.17, 15) is 0 Å². The van der Waals surface area contributed by atoms with Crippen molar-refractivity contribution < 1.29 is 0 Å². The topological polar surface area (TPSA) is 50.6 Å². The fourth-order valence-corrected chi connectivity index (χ4v) is 9.96.